The van der Waals surface area contributed by atoms with Gasteiger partial charge in [0.05, 0.1) is 11.9 Å². The molecule has 2 heterocycles. The molecule has 2 fully saturated rings. The minimum atomic E-state index is 0.0857. The van der Waals surface area contributed by atoms with E-state index in [2.05, 4.69) is 15.2 Å². The SMILES string of the molecule is Cc1ccc(C(=O)N2CCN(c3ccc(NC(=O)C4CCCC4)cn3)CC2)cc1. The summed E-state index contributed by atoms with van der Waals surface area (Å²) in [6.45, 7) is 4.87. The first-order chi connectivity index (χ1) is 14.1. The molecule has 0 atom stereocenters. The Morgan fingerprint density at radius 1 is 0.966 bits per heavy atom. The molecule has 1 aromatic carbocycles. The van der Waals surface area contributed by atoms with Crippen LogP contribution < -0.4 is 10.2 Å². The van der Waals surface area contributed by atoms with Gasteiger partial charge < -0.3 is 15.1 Å². The van der Waals surface area contributed by atoms with Crippen LogP contribution in [-0.2, 0) is 4.79 Å². The highest BCUT2D eigenvalue weighted by Crippen LogP contribution is 2.26. The number of carbonyl (C=O) groups excluding carboxylic acids is 2. The third kappa shape index (κ3) is 4.58. The summed E-state index contributed by atoms with van der Waals surface area (Å²) in [5.74, 6) is 1.22. The van der Waals surface area contributed by atoms with Crippen molar-refractivity contribution in [2.75, 3.05) is 36.4 Å². The number of rotatable bonds is 4. The molecule has 152 valence electrons. The van der Waals surface area contributed by atoms with Crippen molar-refractivity contribution in [3.8, 4) is 0 Å². The molecule has 0 unspecified atom stereocenters. The zero-order valence-electron chi connectivity index (χ0n) is 16.9. The molecular formula is C23H28N4O2. The summed E-state index contributed by atoms with van der Waals surface area (Å²) >= 11 is 0. The molecule has 6 nitrogen and oxygen atoms in total. The second-order valence-electron chi connectivity index (χ2n) is 8.02. The highest BCUT2D eigenvalue weighted by atomic mass is 16.2. The van der Waals surface area contributed by atoms with E-state index in [1.807, 2.05) is 48.2 Å². The molecule has 0 radical (unpaired) electrons. The first kappa shape index (κ1) is 19.4. The summed E-state index contributed by atoms with van der Waals surface area (Å²) in [6.07, 6.45) is 6.00. The van der Waals surface area contributed by atoms with Gasteiger partial charge in [-0.1, -0.05) is 30.5 Å². The average Bonchev–Trinajstić information content (AvgIpc) is 3.30. The van der Waals surface area contributed by atoms with E-state index in [-0.39, 0.29) is 17.7 Å². The number of nitrogens with zero attached hydrogens (tertiary/aromatic N) is 3. The summed E-state index contributed by atoms with van der Waals surface area (Å²) in [6, 6.07) is 11.6. The van der Waals surface area contributed by atoms with Crippen LogP contribution in [0.15, 0.2) is 42.6 Å². The molecule has 0 spiro atoms. The molecule has 1 aromatic heterocycles. The van der Waals surface area contributed by atoms with Gasteiger partial charge in [-0.3, -0.25) is 9.59 Å². The molecule has 2 amide bonds. The number of anilines is 2. The Kier molecular flexibility index (Phi) is 5.79. The van der Waals surface area contributed by atoms with Crippen LogP contribution in [0.1, 0.15) is 41.6 Å². The number of hydrogen-bond acceptors (Lipinski definition) is 4. The lowest BCUT2D eigenvalue weighted by atomic mass is 10.1. The monoisotopic (exact) mass is 392 g/mol. The molecule has 1 N–H and O–H groups in total. The first-order valence-corrected chi connectivity index (χ1v) is 10.5. The lowest BCUT2D eigenvalue weighted by molar-refractivity contribution is -0.119. The Morgan fingerprint density at radius 2 is 1.66 bits per heavy atom. The van der Waals surface area contributed by atoms with Gasteiger partial charge in [-0.25, -0.2) is 4.98 Å². The van der Waals surface area contributed by atoms with Crippen LogP contribution in [0.2, 0.25) is 0 Å². The normalized spacial score (nSPS) is 17.4. The van der Waals surface area contributed by atoms with Crippen LogP contribution in [0.25, 0.3) is 0 Å². The molecule has 1 aliphatic heterocycles. The zero-order chi connectivity index (χ0) is 20.2. The third-order valence-corrected chi connectivity index (χ3v) is 5.93. The van der Waals surface area contributed by atoms with E-state index in [4.69, 9.17) is 0 Å². The highest BCUT2D eigenvalue weighted by molar-refractivity contribution is 5.94. The first-order valence-electron chi connectivity index (χ1n) is 10.5. The van der Waals surface area contributed by atoms with E-state index in [1.165, 1.54) is 0 Å². The lowest BCUT2D eigenvalue weighted by Crippen LogP contribution is -2.49. The Labute approximate surface area is 171 Å². The summed E-state index contributed by atoms with van der Waals surface area (Å²) in [5, 5.41) is 2.99. The number of amides is 2. The minimum absolute atomic E-state index is 0.0857. The number of hydrogen-bond donors (Lipinski definition) is 1. The Morgan fingerprint density at radius 3 is 2.28 bits per heavy atom. The number of piperazine rings is 1. The van der Waals surface area contributed by atoms with E-state index < -0.39 is 0 Å². The molecule has 1 saturated heterocycles. The summed E-state index contributed by atoms with van der Waals surface area (Å²) < 4.78 is 0. The molecule has 4 rings (SSSR count). The van der Waals surface area contributed by atoms with Gasteiger partial charge >= 0.3 is 0 Å². The molecule has 1 aliphatic carbocycles. The maximum atomic E-state index is 12.7. The molecule has 0 bridgehead atoms. The molecule has 6 heteroatoms. The number of aromatic nitrogens is 1. The predicted molar refractivity (Wildman–Crippen MR) is 114 cm³/mol. The van der Waals surface area contributed by atoms with Crippen LogP contribution in [0.3, 0.4) is 0 Å². The van der Waals surface area contributed by atoms with E-state index in [1.54, 1.807) is 6.20 Å². The molecule has 29 heavy (non-hydrogen) atoms. The van der Waals surface area contributed by atoms with Crippen molar-refractivity contribution < 1.29 is 9.59 Å². The van der Waals surface area contributed by atoms with Crippen molar-refractivity contribution in [3.63, 3.8) is 0 Å². The second-order valence-corrected chi connectivity index (χ2v) is 8.02. The van der Waals surface area contributed by atoms with Gasteiger partial charge in [-0.05, 0) is 44.0 Å². The van der Waals surface area contributed by atoms with Crippen molar-refractivity contribution in [3.05, 3.63) is 53.7 Å². The Hall–Kier alpha value is -2.89. The smallest absolute Gasteiger partial charge is 0.253 e. The standard InChI is InChI=1S/C23H28N4O2/c1-17-6-8-19(9-7-17)23(29)27-14-12-26(13-15-27)21-11-10-20(16-24-21)25-22(28)18-4-2-3-5-18/h6-11,16,18H,2-5,12-15H2,1H3,(H,25,28). The Balaban J connectivity index is 1.30. The number of benzene rings is 1. The van der Waals surface area contributed by atoms with Crippen molar-refractivity contribution >= 4 is 23.3 Å². The van der Waals surface area contributed by atoms with Gasteiger partial charge in [0.25, 0.3) is 5.91 Å². The number of nitrogens with one attached hydrogen (secondary N) is 1. The molecular weight excluding hydrogens is 364 g/mol. The van der Waals surface area contributed by atoms with Crippen LogP contribution in [-0.4, -0.2) is 47.9 Å². The number of carbonyl (C=O) groups is 2. The van der Waals surface area contributed by atoms with Gasteiger partial charge in [0.2, 0.25) is 5.91 Å². The quantitative estimate of drug-likeness (QED) is 0.865. The summed E-state index contributed by atoms with van der Waals surface area (Å²) in [5.41, 5.74) is 2.64. The molecule has 1 saturated carbocycles. The van der Waals surface area contributed by atoms with E-state index in [9.17, 15) is 9.59 Å². The maximum Gasteiger partial charge on any atom is 0.253 e. The highest BCUT2D eigenvalue weighted by Gasteiger charge is 2.24. The minimum Gasteiger partial charge on any atom is -0.353 e. The summed E-state index contributed by atoms with van der Waals surface area (Å²) in [7, 11) is 0. The maximum absolute atomic E-state index is 12.7. The van der Waals surface area contributed by atoms with Gasteiger partial charge in [0.15, 0.2) is 0 Å². The van der Waals surface area contributed by atoms with Crippen LogP contribution in [0, 0.1) is 12.8 Å². The predicted octanol–water partition coefficient (Wildman–Crippen LogP) is 3.48. The third-order valence-electron chi connectivity index (χ3n) is 5.93. The fourth-order valence-corrected chi connectivity index (χ4v) is 4.10. The van der Waals surface area contributed by atoms with E-state index in [0.29, 0.717) is 13.1 Å². The van der Waals surface area contributed by atoms with Crippen molar-refractivity contribution in [2.45, 2.75) is 32.6 Å². The Bertz CT molecular complexity index is 849. The number of aryl methyl sites for hydroxylation is 1. The van der Waals surface area contributed by atoms with Gasteiger partial charge in [0, 0.05) is 37.7 Å². The average molecular weight is 393 g/mol. The molecule has 2 aliphatic rings. The van der Waals surface area contributed by atoms with Crippen LogP contribution >= 0.6 is 0 Å². The van der Waals surface area contributed by atoms with E-state index in [0.717, 1.165) is 61.4 Å². The van der Waals surface area contributed by atoms with E-state index >= 15 is 0 Å². The summed E-state index contributed by atoms with van der Waals surface area (Å²) in [4.78, 5) is 33.5. The fourth-order valence-electron chi connectivity index (χ4n) is 4.10. The van der Waals surface area contributed by atoms with Crippen LogP contribution in [0.4, 0.5) is 11.5 Å². The lowest BCUT2D eigenvalue weighted by Gasteiger charge is -2.35. The fraction of sp³-hybridized carbons (Fsp3) is 0.435. The van der Waals surface area contributed by atoms with Gasteiger partial charge in [-0.2, -0.15) is 0 Å². The van der Waals surface area contributed by atoms with Crippen molar-refractivity contribution in [2.24, 2.45) is 5.92 Å². The topological polar surface area (TPSA) is 65.5 Å². The van der Waals surface area contributed by atoms with Crippen molar-refractivity contribution in [1.82, 2.24) is 9.88 Å². The van der Waals surface area contributed by atoms with Gasteiger partial charge in [0.1, 0.15) is 5.82 Å². The molecule has 2 aromatic rings. The zero-order valence-corrected chi connectivity index (χ0v) is 16.9. The number of pyridine rings is 1. The van der Waals surface area contributed by atoms with Gasteiger partial charge in [-0.15, -0.1) is 0 Å². The van der Waals surface area contributed by atoms with Crippen LogP contribution in [0.5, 0.6) is 0 Å². The van der Waals surface area contributed by atoms with Crippen molar-refractivity contribution in [1.29, 1.82) is 0 Å². The second kappa shape index (κ2) is 8.64. The largest absolute Gasteiger partial charge is 0.353 e.